The van der Waals surface area contributed by atoms with E-state index < -0.39 is 0 Å². The molecule has 1 N–H and O–H groups in total. The highest BCUT2D eigenvalue weighted by Crippen LogP contribution is 2.28. The maximum atomic E-state index is 4.77. The lowest BCUT2D eigenvalue weighted by Gasteiger charge is -2.12. The van der Waals surface area contributed by atoms with Gasteiger partial charge in [0.25, 0.3) is 0 Å². The lowest BCUT2D eigenvalue weighted by Crippen LogP contribution is -2.04. The van der Waals surface area contributed by atoms with E-state index >= 15 is 0 Å². The van der Waals surface area contributed by atoms with Gasteiger partial charge in [-0.3, -0.25) is 0 Å². The van der Waals surface area contributed by atoms with Crippen LogP contribution in [0, 0.1) is 6.92 Å². The molecule has 2 rings (SSSR count). The Hall–Kier alpha value is -1.09. The summed E-state index contributed by atoms with van der Waals surface area (Å²) in [6.07, 6.45) is 2.20. The maximum Gasteiger partial charge on any atom is 0.129 e. The number of pyridine rings is 1. The van der Waals surface area contributed by atoms with E-state index in [9.17, 15) is 0 Å². The molecule has 0 amide bonds. The minimum Gasteiger partial charge on any atom is -0.370 e. The average molecular weight is 307 g/mol. The molecule has 0 spiro atoms. The van der Waals surface area contributed by atoms with Gasteiger partial charge in [0.05, 0.1) is 5.52 Å². The summed E-state index contributed by atoms with van der Waals surface area (Å²) in [7, 11) is 0. The highest BCUT2D eigenvalue weighted by atomic mass is 79.9. The van der Waals surface area contributed by atoms with E-state index in [2.05, 4.69) is 60.2 Å². The number of halogens is 1. The second-order valence-corrected chi connectivity index (χ2v) is 5.45. The van der Waals surface area contributed by atoms with E-state index in [0.717, 1.165) is 35.2 Å². The first-order valence-corrected chi connectivity index (χ1v) is 7.28. The number of aromatic nitrogens is 1. The summed E-state index contributed by atoms with van der Waals surface area (Å²) in [4.78, 5) is 4.77. The monoisotopic (exact) mass is 306 g/mol. The largest absolute Gasteiger partial charge is 0.370 e. The average Bonchev–Trinajstić information content (AvgIpc) is 2.31. The van der Waals surface area contributed by atoms with Crippen molar-refractivity contribution in [1.82, 2.24) is 4.98 Å². The fourth-order valence-electron chi connectivity index (χ4n) is 2.21. The first-order valence-electron chi connectivity index (χ1n) is 6.49. The number of hydrogen-bond donors (Lipinski definition) is 1. The van der Waals surface area contributed by atoms with Crippen molar-refractivity contribution in [2.24, 2.45) is 0 Å². The molecule has 0 radical (unpaired) electrons. The van der Waals surface area contributed by atoms with Gasteiger partial charge in [-0.05, 0) is 65.5 Å². The van der Waals surface area contributed by atoms with Gasteiger partial charge in [-0.25, -0.2) is 4.98 Å². The van der Waals surface area contributed by atoms with Crippen molar-refractivity contribution in [2.75, 3.05) is 11.9 Å². The van der Waals surface area contributed by atoms with Crippen molar-refractivity contribution in [3.63, 3.8) is 0 Å². The number of nitrogens with one attached hydrogen (secondary N) is 1. The number of hydrogen-bond acceptors (Lipinski definition) is 2. The Labute approximate surface area is 117 Å². The zero-order valence-electron chi connectivity index (χ0n) is 11.2. The first kappa shape index (κ1) is 13.3. The molecule has 0 saturated carbocycles. The Kier molecular flexibility index (Phi) is 4.23. The maximum absolute atomic E-state index is 4.77. The fraction of sp³-hybridized carbons (Fsp3) is 0.400. The molecule has 18 heavy (non-hydrogen) atoms. The second kappa shape index (κ2) is 5.70. The molecule has 2 nitrogen and oxygen atoms in total. The van der Waals surface area contributed by atoms with Crippen LogP contribution in [-0.2, 0) is 6.42 Å². The second-order valence-electron chi connectivity index (χ2n) is 4.59. The van der Waals surface area contributed by atoms with Gasteiger partial charge in [-0.1, -0.05) is 13.3 Å². The van der Waals surface area contributed by atoms with Crippen LogP contribution in [0.2, 0.25) is 0 Å². The van der Waals surface area contributed by atoms with Crippen molar-refractivity contribution in [2.45, 2.75) is 33.6 Å². The molecule has 0 saturated heterocycles. The lowest BCUT2D eigenvalue weighted by molar-refractivity contribution is 0.916. The summed E-state index contributed by atoms with van der Waals surface area (Å²) >= 11 is 3.61. The Morgan fingerprint density at radius 2 is 2.00 bits per heavy atom. The third kappa shape index (κ3) is 2.66. The topological polar surface area (TPSA) is 24.9 Å². The van der Waals surface area contributed by atoms with Gasteiger partial charge in [-0.2, -0.15) is 0 Å². The molecular weight excluding hydrogens is 288 g/mol. The van der Waals surface area contributed by atoms with Crippen LogP contribution >= 0.6 is 15.9 Å². The summed E-state index contributed by atoms with van der Waals surface area (Å²) in [6, 6.07) is 6.58. The van der Waals surface area contributed by atoms with Crippen LogP contribution in [0.3, 0.4) is 0 Å². The van der Waals surface area contributed by atoms with Crippen molar-refractivity contribution in [1.29, 1.82) is 0 Å². The Morgan fingerprint density at radius 3 is 2.67 bits per heavy atom. The molecule has 1 heterocycles. The van der Waals surface area contributed by atoms with Crippen molar-refractivity contribution < 1.29 is 0 Å². The summed E-state index contributed by atoms with van der Waals surface area (Å²) < 4.78 is 1.07. The third-order valence-electron chi connectivity index (χ3n) is 2.96. The molecule has 1 aromatic heterocycles. The molecule has 3 heteroatoms. The molecule has 0 aliphatic heterocycles. The zero-order valence-corrected chi connectivity index (χ0v) is 12.8. The summed E-state index contributed by atoms with van der Waals surface area (Å²) in [5.74, 6) is 1.02. The van der Waals surface area contributed by atoms with Gasteiger partial charge in [0.1, 0.15) is 5.82 Å². The predicted octanol–water partition coefficient (Wildman–Crippen LogP) is 4.69. The van der Waals surface area contributed by atoms with Crippen LogP contribution in [0.25, 0.3) is 10.9 Å². The van der Waals surface area contributed by atoms with Gasteiger partial charge in [0, 0.05) is 16.4 Å². The third-order valence-corrected chi connectivity index (χ3v) is 3.56. The van der Waals surface area contributed by atoms with Gasteiger partial charge in [0.15, 0.2) is 0 Å². The van der Waals surface area contributed by atoms with Crippen LogP contribution in [0.5, 0.6) is 0 Å². The standard InChI is InChI=1S/C15H19BrN2/c1-4-6-11-9-12-7-10(3)8-13(16)14(12)18-15(11)17-5-2/h7-9H,4-6H2,1-3H3,(H,17,18). The Bertz CT molecular complexity index is 564. The molecule has 0 aliphatic carbocycles. The summed E-state index contributed by atoms with van der Waals surface area (Å²) in [6.45, 7) is 7.32. The van der Waals surface area contributed by atoms with Crippen LogP contribution in [-0.4, -0.2) is 11.5 Å². The number of nitrogens with zero attached hydrogens (tertiary/aromatic N) is 1. The molecule has 1 aromatic carbocycles. The molecule has 0 fully saturated rings. The van der Waals surface area contributed by atoms with E-state index in [1.54, 1.807) is 0 Å². The molecule has 0 unspecified atom stereocenters. The normalized spacial score (nSPS) is 10.9. The fourth-order valence-corrected chi connectivity index (χ4v) is 2.89. The zero-order chi connectivity index (χ0) is 13.1. The first-order chi connectivity index (χ1) is 8.65. The van der Waals surface area contributed by atoms with Gasteiger partial charge in [-0.15, -0.1) is 0 Å². The number of aryl methyl sites for hydroxylation is 2. The molecule has 0 bridgehead atoms. The van der Waals surface area contributed by atoms with Crippen molar-refractivity contribution in [3.05, 3.63) is 33.8 Å². The molecule has 0 atom stereocenters. The van der Waals surface area contributed by atoms with E-state index in [4.69, 9.17) is 4.98 Å². The minimum atomic E-state index is 0.901. The lowest BCUT2D eigenvalue weighted by atomic mass is 10.1. The van der Waals surface area contributed by atoms with Crippen molar-refractivity contribution >= 4 is 32.7 Å². The molecule has 0 aliphatic rings. The smallest absolute Gasteiger partial charge is 0.129 e. The SMILES string of the molecule is CCCc1cc2cc(C)cc(Br)c2nc1NCC. The van der Waals surface area contributed by atoms with Gasteiger partial charge in [0.2, 0.25) is 0 Å². The van der Waals surface area contributed by atoms with Crippen molar-refractivity contribution in [3.8, 4) is 0 Å². The Morgan fingerprint density at radius 1 is 1.22 bits per heavy atom. The molecular formula is C15H19BrN2. The number of fused-ring (bicyclic) bond motifs is 1. The quantitative estimate of drug-likeness (QED) is 0.886. The highest BCUT2D eigenvalue weighted by Gasteiger charge is 2.08. The predicted molar refractivity (Wildman–Crippen MR) is 82.3 cm³/mol. The number of benzene rings is 1. The number of rotatable bonds is 4. The highest BCUT2D eigenvalue weighted by molar-refractivity contribution is 9.10. The summed E-state index contributed by atoms with van der Waals surface area (Å²) in [5, 5.41) is 4.58. The van der Waals surface area contributed by atoms with E-state index in [1.165, 1.54) is 16.5 Å². The van der Waals surface area contributed by atoms with E-state index in [-0.39, 0.29) is 0 Å². The van der Waals surface area contributed by atoms with Gasteiger partial charge < -0.3 is 5.32 Å². The van der Waals surface area contributed by atoms with Crippen LogP contribution in [0.15, 0.2) is 22.7 Å². The Balaban J connectivity index is 2.63. The summed E-state index contributed by atoms with van der Waals surface area (Å²) in [5.41, 5.74) is 3.61. The van der Waals surface area contributed by atoms with Crippen LogP contribution in [0.1, 0.15) is 31.4 Å². The molecule has 2 aromatic rings. The molecule has 96 valence electrons. The van der Waals surface area contributed by atoms with E-state index in [1.807, 2.05) is 0 Å². The van der Waals surface area contributed by atoms with Gasteiger partial charge >= 0.3 is 0 Å². The minimum absolute atomic E-state index is 0.901. The number of anilines is 1. The van der Waals surface area contributed by atoms with Crippen LogP contribution < -0.4 is 5.32 Å². The van der Waals surface area contributed by atoms with Crippen LogP contribution in [0.4, 0.5) is 5.82 Å². The van der Waals surface area contributed by atoms with E-state index in [0.29, 0.717) is 0 Å².